The van der Waals surface area contributed by atoms with Gasteiger partial charge in [-0.3, -0.25) is 0 Å². The number of benzene rings is 3. The van der Waals surface area contributed by atoms with E-state index in [0.717, 1.165) is 35.4 Å². The summed E-state index contributed by atoms with van der Waals surface area (Å²) in [4.78, 5) is 20.4. The number of oxime groups is 1. The summed E-state index contributed by atoms with van der Waals surface area (Å²) in [7, 11) is -3.96. The highest BCUT2D eigenvalue weighted by atomic mass is 32.2. The molecule has 5 rings (SSSR count). The molecule has 2 heterocycles. The fraction of sp³-hybridized carbons (Fsp3) is 0.333. The van der Waals surface area contributed by atoms with E-state index >= 15 is 0 Å². The van der Waals surface area contributed by atoms with Gasteiger partial charge in [0, 0.05) is 39.0 Å². The van der Waals surface area contributed by atoms with Crippen molar-refractivity contribution in [3.8, 4) is 5.75 Å². The van der Waals surface area contributed by atoms with Crippen molar-refractivity contribution < 1.29 is 40.7 Å². The standard InChI is InChI=1S/C30H30F3N3O6S/c31-30(32,33)41-25-11-13-26(14-12-25)43(38,39)36-19-16-29(17-20-36)21-27(34-42-29)40-28(37)35(22-24-9-5-2-6-10-24)18-15-23-7-3-1-4-8-23/h1-14H,15-22H2. The van der Waals surface area contributed by atoms with Gasteiger partial charge in [-0.05, 0) is 41.8 Å². The number of sulfonamides is 1. The Bertz CT molecular complexity index is 1530. The molecule has 2 aliphatic rings. The van der Waals surface area contributed by atoms with Gasteiger partial charge in [0.25, 0.3) is 0 Å². The Balaban J connectivity index is 1.17. The van der Waals surface area contributed by atoms with Crippen molar-refractivity contribution in [2.75, 3.05) is 19.6 Å². The molecule has 1 saturated heterocycles. The van der Waals surface area contributed by atoms with Crippen LogP contribution in [0.2, 0.25) is 0 Å². The number of alkyl halides is 3. The minimum Gasteiger partial charge on any atom is -0.406 e. The average Bonchev–Trinajstić information content (AvgIpc) is 3.37. The average molecular weight is 618 g/mol. The first-order chi connectivity index (χ1) is 20.5. The van der Waals surface area contributed by atoms with Gasteiger partial charge in [0.1, 0.15) is 11.4 Å². The van der Waals surface area contributed by atoms with Crippen molar-refractivity contribution in [1.82, 2.24) is 9.21 Å². The second-order valence-electron chi connectivity index (χ2n) is 10.4. The molecule has 13 heteroatoms. The highest BCUT2D eigenvalue weighted by molar-refractivity contribution is 7.89. The van der Waals surface area contributed by atoms with Crippen LogP contribution in [-0.2, 0) is 32.6 Å². The van der Waals surface area contributed by atoms with Crippen molar-refractivity contribution >= 4 is 22.0 Å². The Labute approximate surface area is 247 Å². The van der Waals surface area contributed by atoms with Crippen LogP contribution in [0.15, 0.2) is 95.0 Å². The van der Waals surface area contributed by atoms with E-state index in [-0.39, 0.29) is 43.1 Å². The van der Waals surface area contributed by atoms with E-state index in [1.165, 1.54) is 4.31 Å². The number of piperidine rings is 1. The van der Waals surface area contributed by atoms with Crippen molar-refractivity contribution in [1.29, 1.82) is 0 Å². The van der Waals surface area contributed by atoms with E-state index in [4.69, 9.17) is 9.57 Å². The van der Waals surface area contributed by atoms with Crippen LogP contribution in [0.25, 0.3) is 0 Å². The zero-order valence-electron chi connectivity index (χ0n) is 23.1. The summed E-state index contributed by atoms with van der Waals surface area (Å²) in [6.07, 6.45) is -4.02. The zero-order valence-corrected chi connectivity index (χ0v) is 23.9. The van der Waals surface area contributed by atoms with Gasteiger partial charge >= 0.3 is 12.5 Å². The summed E-state index contributed by atoms with van der Waals surface area (Å²) in [6, 6.07) is 23.4. The van der Waals surface area contributed by atoms with Gasteiger partial charge in [-0.25, -0.2) is 13.2 Å². The first-order valence-corrected chi connectivity index (χ1v) is 15.1. The molecule has 0 N–H and O–H groups in total. The predicted molar refractivity (Wildman–Crippen MR) is 150 cm³/mol. The second kappa shape index (κ2) is 12.6. The molecule has 3 aromatic rings. The summed E-state index contributed by atoms with van der Waals surface area (Å²) in [6.45, 7) is 0.962. The number of ether oxygens (including phenoxy) is 2. The van der Waals surface area contributed by atoms with Gasteiger partial charge in [-0.2, -0.15) is 4.31 Å². The van der Waals surface area contributed by atoms with E-state index in [9.17, 15) is 26.4 Å². The Morgan fingerprint density at radius 3 is 2.14 bits per heavy atom. The van der Waals surface area contributed by atoms with E-state index in [2.05, 4.69) is 9.89 Å². The molecule has 43 heavy (non-hydrogen) atoms. The van der Waals surface area contributed by atoms with E-state index in [0.29, 0.717) is 19.5 Å². The number of halogens is 3. The second-order valence-corrected chi connectivity index (χ2v) is 12.3. The molecule has 0 unspecified atom stereocenters. The molecule has 0 radical (unpaired) electrons. The Morgan fingerprint density at radius 2 is 1.53 bits per heavy atom. The van der Waals surface area contributed by atoms with Gasteiger partial charge in [0.15, 0.2) is 0 Å². The van der Waals surface area contributed by atoms with Crippen LogP contribution >= 0.6 is 0 Å². The maximum absolute atomic E-state index is 13.2. The third kappa shape index (κ3) is 7.85. The first kappa shape index (κ1) is 30.4. The lowest BCUT2D eigenvalue weighted by Gasteiger charge is -2.36. The van der Waals surface area contributed by atoms with Crippen molar-refractivity contribution in [2.24, 2.45) is 5.16 Å². The molecule has 3 aromatic carbocycles. The lowest BCUT2D eigenvalue weighted by Crippen LogP contribution is -2.47. The van der Waals surface area contributed by atoms with Crippen molar-refractivity contribution in [2.45, 2.75) is 49.1 Å². The fourth-order valence-electron chi connectivity index (χ4n) is 5.02. The van der Waals surface area contributed by atoms with Gasteiger partial charge in [-0.15, -0.1) is 13.2 Å². The Kier molecular flexibility index (Phi) is 8.92. The van der Waals surface area contributed by atoms with Crippen molar-refractivity contribution in [3.63, 3.8) is 0 Å². The number of hydrogen-bond acceptors (Lipinski definition) is 7. The highest BCUT2D eigenvalue weighted by Gasteiger charge is 2.46. The normalized spacial score (nSPS) is 16.8. The first-order valence-electron chi connectivity index (χ1n) is 13.7. The highest BCUT2D eigenvalue weighted by Crippen LogP contribution is 2.37. The van der Waals surface area contributed by atoms with E-state index in [1.807, 2.05) is 60.7 Å². The molecule has 0 bridgehead atoms. The number of carbonyl (C=O) groups excluding carboxylic acids is 1. The lowest BCUT2D eigenvalue weighted by atomic mass is 9.89. The van der Waals surface area contributed by atoms with Crippen molar-refractivity contribution in [3.05, 3.63) is 96.1 Å². The molecule has 228 valence electrons. The summed E-state index contributed by atoms with van der Waals surface area (Å²) < 4.78 is 74.2. The van der Waals surface area contributed by atoms with Gasteiger partial charge in [-0.1, -0.05) is 65.8 Å². The third-order valence-corrected chi connectivity index (χ3v) is 9.25. The van der Waals surface area contributed by atoms with Crippen LogP contribution in [0.4, 0.5) is 18.0 Å². The van der Waals surface area contributed by atoms with Gasteiger partial charge in [0.2, 0.25) is 15.9 Å². The quantitative estimate of drug-likeness (QED) is 0.321. The molecule has 0 saturated carbocycles. The third-order valence-electron chi connectivity index (χ3n) is 7.34. The zero-order chi connectivity index (χ0) is 30.5. The SMILES string of the molecule is O=C(OC1=NOC2(CCN(S(=O)(=O)c3ccc(OC(F)(F)F)cc3)CC2)C1)N(CCc1ccccc1)Cc1ccccc1. The summed E-state index contributed by atoms with van der Waals surface area (Å²) >= 11 is 0. The monoisotopic (exact) mass is 617 g/mol. The molecule has 2 aliphatic heterocycles. The van der Waals surface area contributed by atoms with Crippen LogP contribution < -0.4 is 4.74 Å². The van der Waals surface area contributed by atoms with Crippen LogP contribution in [-0.4, -0.2) is 61.2 Å². The predicted octanol–water partition coefficient (Wildman–Crippen LogP) is 5.72. The fourth-order valence-corrected chi connectivity index (χ4v) is 6.46. The molecule has 0 atom stereocenters. The molecular weight excluding hydrogens is 587 g/mol. The van der Waals surface area contributed by atoms with Crippen LogP contribution in [0.5, 0.6) is 5.75 Å². The molecule has 1 fully saturated rings. The Morgan fingerprint density at radius 1 is 0.930 bits per heavy atom. The Hall–Kier alpha value is -4.10. The van der Waals surface area contributed by atoms with Crippen LogP contribution in [0.1, 0.15) is 30.4 Å². The van der Waals surface area contributed by atoms with E-state index in [1.54, 1.807) is 4.90 Å². The molecule has 1 amide bonds. The number of hydrogen-bond donors (Lipinski definition) is 0. The molecule has 9 nitrogen and oxygen atoms in total. The number of amides is 1. The van der Waals surface area contributed by atoms with Crippen LogP contribution in [0, 0.1) is 0 Å². The van der Waals surface area contributed by atoms with Gasteiger partial charge in [0.05, 0.1) is 11.3 Å². The lowest BCUT2D eigenvalue weighted by molar-refractivity contribution is -0.274. The molecule has 1 spiro atoms. The smallest absolute Gasteiger partial charge is 0.406 e. The molecule has 0 aliphatic carbocycles. The number of nitrogens with zero attached hydrogens (tertiary/aromatic N) is 3. The number of rotatable bonds is 8. The summed E-state index contributed by atoms with van der Waals surface area (Å²) in [5, 5.41) is 4.02. The minimum atomic E-state index is -4.87. The maximum Gasteiger partial charge on any atom is 0.573 e. The van der Waals surface area contributed by atoms with Crippen LogP contribution in [0.3, 0.4) is 0 Å². The largest absolute Gasteiger partial charge is 0.573 e. The minimum absolute atomic E-state index is 0.0943. The molecule has 0 aromatic heterocycles. The number of carbonyl (C=O) groups is 1. The topological polar surface area (TPSA) is 97.7 Å². The maximum atomic E-state index is 13.2. The molecular formula is C30H30F3N3O6S. The van der Waals surface area contributed by atoms with E-state index < -0.39 is 33.8 Å². The van der Waals surface area contributed by atoms with Gasteiger partial charge < -0.3 is 19.2 Å². The summed E-state index contributed by atoms with van der Waals surface area (Å²) in [5.41, 5.74) is 1.21. The summed E-state index contributed by atoms with van der Waals surface area (Å²) in [5.74, 6) is -0.385.